The summed E-state index contributed by atoms with van der Waals surface area (Å²) < 4.78 is 0. The van der Waals surface area contributed by atoms with Gasteiger partial charge in [-0.3, -0.25) is 4.79 Å². The smallest absolute Gasteiger partial charge is 0.289 e. The zero-order chi connectivity index (χ0) is 14.3. The van der Waals surface area contributed by atoms with Crippen molar-refractivity contribution < 1.29 is 4.79 Å². The highest BCUT2D eigenvalue weighted by atomic mass is 32.2. The van der Waals surface area contributed by atoms with Crippen LogP contribution in [0.3, 0.4) is 0 Å². The van der Waals surface area contributed by atoms with Gasteiger partial charge < -0.3 is 5.32 Å². The fraction of sp³-hybridized carbons (Fsp3) is 0.333. The maximum absolute atomic E-state index is 11.3. The molecule has 0 aliphatic carbocycles. The Balaban J connectivity index is 2.62. The lowest BCUT2D eigenvalue weighted by atomic mass is 9.89. The summed E-state index contributed by atoms with van der Waals surface area (Å²) in [4.78, 5) is 12.7. The molecule has 0 aromatic heterocycles. The van der Waals surface area contributed by atoms with E-state index in [2.05, 4.69) is 39.9 Å². The van der Waals surface area contributed by atoms with Crippen molar-refractivity contribution in [2.45, 2.75) is 34.6 Å². The quantitative estimate of drug-likeness (QED) is 0.616. The molecule has 19 heavy (non-hydrogen) atoms. The molecule has 100 valence electrons. The van der Waals surface area contributed by atoms with Gasteiger partial charge in [-0.2, -0.15) is 0 Å². The van der Waals surface area contributed by atoms with Gasteiger partial charge in [0.05, 0.1) is 4.91 Å². The minimum atomic E-state index is -0.0906. The maximum Gasteiger partial charge on any atom is 0.289 e. The van der Waals surface area contributed by atoms with Crippen molar-refractivity contribution in [3.63, 3.8) is 0 Å². The van der Waals surface area contributed by atoms with Gasteiger partial charge in [0.15, 0.2) is 0 Å². The van der Waals surface area contributed by atoms with Crippen molar-refractivity contribution in [1.29, 1.82) is 0 Å². The van der Waals surface area contributed by atoms with E-state index in [4.69, 9.17) is 12.2 Å². The van der Waals surface area contributed by atoms with Gasteiger partial charge >= 0.3 is 0 Å². The number of thioether (sulfide) groups is 1. The van der Waals surface area contributed by atoms with Gasteiger partial charge in [0.1, 0.15) is 4.99 Å². The summed E-state index contributed by atoms with van der Waals surface area (Å²) in [6, 6.07) is 0. The van der Waals surface area contributed by atoms with E-state index in [0.717, 1.165) is 4.91 Å². The molecule has 1 N–H and O–H groups in total. The minimum Gasteiger partial charge on any atom is -0.307 e. The third-order valence-electron chi connectivity index (χ3n) is 3.98. The lowest BCUT2D eigenvalue weighted by molar-refractivity contribution is 0.265. The average molecular weight is 291 g/mol. The van der Waals surface area contributed by atoms with Gasteiger partial charge in [-0.15, -0.1) is 0 Å². The number of thiocarbonyl (C=S) groups is 1. The largest absolute Gasteiger partial charge is 0.307 e. The second-order valence-corrected chi connectivity index (χ2v) is 6.31. The van der Waals surface area contributed by atoms with Gasteiger partial charge in [0.2, 0.25) is 0 Å². The van der Waals surface area contributed by atoms with Crippen LogP contribution in [0.5, 0.6) is 0 Å². The lowest BCUT2D eigenvalue weighted by Crippen LogP contribution is -2.16. The lowest BCUT2D eigenvalue weighted by Gasteiger charge is -2.16. The predicted octanol–water partition coefficient (Wildman–Crippen LogP) is 4.35. The molecule has 1 aromatic rings. The van der Waals surface area contributed by atoms with E-state index in [1.54, 1.807) is 0 Å². The number of rotatable bonds is 1. The number of carbonyl (C=O) groups excluding carboxylic acids is 1. The molecule has 1 fully saturated rings. The van der Waals surface area contributed by atoms with Crippen LogP contribution >= 0.6 is 24.0 Å². The van der Waals surface area contributed by atoms with Gasteiger partial charge in [-0.05, 0) is 85.8 Å². The summed E-state index contributed by atoms with van der Waals surface area (Å²) in [6.45, 7) is 10.7. The van der Waals surface area contributed by atoms with Crippen LogP contribution in [0.1, 0.15) is 33.4 Å². The Morgan fingerprint density at radius 2 is 1.42 bits per heavy atom. The average Bonchev–Trinajstić information content (AvgIpc) is 2.68. The maximum atomic E-state index is 11.3. The first kappa shape index (κ1) is 14.3. The minimum absolute atomic E-state index is 0.0906. The normalized spacial score (nSPS) is 17.2. The highest BCUT2D eigenvalue weighted by Crippen LogP contribution is 2.32. The second kappa shape index (κ2) is 5.10. The second-order valence-electron chi connectivity index (χ2n) is 4.89. The number of benzene rings is 1. The first-order valence-electron chi connectivity index (χ1n) is 6.14. The molecule has 1 saturated heterocycles. The summed E-state index contributed by atoms with van der Waals surface area (Å²) in [5.74, 6) is 0. The van der Waals surface area contributed by atoms with Crippen LogP contribution in [0.4, 0.5) is 4.79 Å². The number of nitrogens with one attached hydrogen (secondary N) is 1. The van der Waals surface area contributed by atoms with E-state index in [1.165, 1.54) is 45.1 Å². The number of hydrogen-bond acceptors (Lipinski definition) is 3. The molecule has 1 aliphatic rings. The topological polar surface area (TPSA) is 29.1 Å². The van der Waals surface area contributed by atoms with E-state index < -0.39 is 0 Å². The molecular formula is C15H17NOS2. The SMILES string of the molecule is Cc1c(C)c(C)c(/C=C2\SC(=O)NC2=S)c(C)c1C. The first-order chi connectivity index (χ1) is 8.82. The van der Waals surface area contributed by atoms with Crippen molar-refractivity contribution in [2.24, 2.45) is 0 Å². The van der Waals surface area contributed by atoms with E-state index in [9.17, 15) is 4.79 Å². The van der Waals surface area contributed by atoms with Crippen LogP contribution in [-0.2, 0) is 0 Å². The molecule has 2 rings (SSSR count). The Labute approximate surface area is 123 Å². The molecular weight excluding hydrogens is 274 g/mol. The summed E-state index contributed by atoms with van der Waals surface area (Å²) in [6.07, 6.45) is 2.04. The number of carbonyl (C=O) groups is 1. The predicted molar refractivity (Wildman–Crippen MR) is 86.8 cm³/mol. The molecule has 0 spiro atoms. The molecule has 1 heterocycles. The first-order valence-corrected chi connectivity index (χ1v) is 7.37. The van der Waals surface area contributed by atoms with Crippen LogP contribution in [0.25, 0.3) is 6.08 Å². The molecule has 2 nitrogen and oxygen atoms in total. The molecule has 0 atom stereocenters. The molecule has 0 radical (unpaired) electrons. The molecule has 1 aliphatic heterocycles. The fourth-order valence-electron chi connectivity index (χ4n) is 2.30. The Bertz CT molecular complexity index is 601. The van der Waals surface area contributed by atoms with Crippen molar-refractivity contribution >= 4 is 40.3 Å². The van der Waals surface area contributed by atoms with E-state index in [1.807, 2.05) is 6.08 Å². The Morgan fingerprint density at radius 1 is 0.947 bits per heavy atom. The Morgan fingerprint density at radius 3 is 1.84 bits per heavy atom. The van der Waals surface area contributed by atoms with Gasteiger partial charge in [-0.25, -0.2) is 0 Å². The Kier molecular flexibility index (Phi) is 3.83. The number of amides is 1. The fourth-order valence-corrected chi connectivity index (χ4v) is 3.31. The molecule has 0 unspecified atom stereocenters. The standard InChI is InChI=1S/C15H17NOS2/c1-7-8(2)10(4)12(11(5)9(7)3)6-13-14(18)16-15(17)19-13/h6H,1-5H3,(H,16,17,18)/b13-6-. The monoisotopic (exact) mass is 291 g/mol. The van der Waals surface area contributed by atoms with Crippen molar-refractivity contribution in [3.05, 3.63) is 38.3 Å². The van der Waals surface area contributed by atoms with Crippen LogP contribution in [0.15, 0.2) is 4.91 Å². The highest BCUT2D eigenvalue weighted by Gasteiger charge is 2.22. The van der Waals surface area contributed by atoms with Gasteiger partial charge in [-0.1, -0.05) is 12.2 Å². The van der Waals surface area contributed by atoms with Crippen molar-refractivity contribution in [1.82, 2.24) is 5.32 Å². The molecule has 0 bridgehead atoms. The number of hydrogen-bond donors (Lipinski definition) is 1. The molecule has 1 aromatic carbocycles. The molecule has 0 saturated carbocycles. The van der Waals surface area contributed by atoms with E-state index in [-0.39, 0.29) is 5.24 Å². The zero-order valence-corrected chi connectivity index (χ0v) is 13.4. The molecule has 4 heteroatoms. The third kappa shape index (κ3) is 2.47. The summed E-state index contributed by atoms with van der Waals surface area (Å²) in [5, 5.41) is 2.56. The van der Waals surface area contributed by atoms with E-state index >= 15 is 0 Å². The van der Waals surface area contributed by atoms with Crippen LogP contribution < -0.4 is 5.32 Å². The third-order valence-corrected chi connectivity index (χ3v) is 5.26. The summed E-state index contributed by atoms with van der Waals surface area (Å²) >= 11 is 6.35. The highest BCUT2D eigenvalue weighted by molar-refractivity contribution is 8.19. The van der Waals surface area contributed by atoms with Gasteiger partial charge in [0.25, 0.3) is 5.24 Å². The van der Waals surface area contributed by atoms with Gasteiger partial charge in [0, 0.05) is 0 Å². The molecule has 1 amide bonds. The van der Waals surface area contributed by atoms with Crippen LogP contribution in [0, 0.1) is 34.6 Å². The van der Waals surface area contributed by atoms with Crippen molar-refractivity contribution in [2.75, 3.05) is 0 Å². The summed E-state index contributed by atoms with van der Waals surface area (Å²) in [7, 11) is 0. The van der Waals surface area contributed by atoms with Crippen LogP contribution in [-0.4, -0.2) is 10.2 Å². The van der Waals surface area contributed by atoms with E-state index in [0.29, 0.717) is 4.99 Å². The Hall–Kier alpha value is -1.13. The van der Waals surface area contributed by atoms with Crippen LogP contribution in [0.2, 0.25) is 0 Å². The summed E-state index contributed by atoms with van der Waals surface area (Å²) in [5.41, 5.74) is 7.66. The zero-order valence-electron chi connectivity index (χ0n) is 11.8. The van der Waals surface area contributed by atoms with Crippen molar-refractivity contribution in [3.8, 4) is 0 Å².